The highest BCUT2D eigenvalue weighted by atomic mass is 35.5. The molecule has 0 radical (unpaired) electrons. The Hall–Kier alpha value is -0.580. The van der Waals surface area contributed by atoms with Crippen LogP contribution in [0.2, 0.25) is 0 Å². The maximum Gasteiger partial charge on any atom is 0.0527 e. The minimum atomic E-state index is 0. The van der Waals surface area contributed by atoms with Crippen LogP contribution in [0.4, 0.5) is 0 Å². The lowest BCUT2D eigenvalue weighted by Gasteiger charge is -2.34. The van der Waals surface area contributed by atoms with Gasteiger partial charge >= 0.3 is 0 Å². The van der Waals surface area contributed by atoms with Crippen molar-refractivity contribution in [3.63, 3.8) is 0 Å². The van der Waals surface area contributed by atoms with E-state index in [0.29, 0.717) is 12.1 Å². The Morgan fingerprint density at radius 2 is 2.29 bits per heavy atom. The Kier molecular flexibility index (Phi) is 5.43. The predicted molar refractivity (Wildman–Crippen MR) is 72.6 cm³/mol. The maximum absolute atomic E-state index is 4.38. The summed E-state index contributed by atoms with van der Waals surface area (Å²) in [5.74, 6) is 0. The van der Waals surface area contributed by atoms with Gasteiger partial charge in [0.1, 0.15) is 0 Å². The van der Waals surface area contributed by atoms with E-state index in [1.807, 2.05) is 6.20 Å². The monoisotopic (exact) mass is 258 g/mol. The third-order valence-corrected chi connectivity index (χ3v) is 3.25. The molecule has 17 heavy (non-hydrogen) atoms. The summed E-state index contributed by atoms with van der Waals surface area (Å²) in [6, 6.07) is 3.20. The highest BCUT2D eigenvalue weighted by molar-refractivity contribution is 5.85. The van der Waals surface area contributed by atoms with E-state index >= 15 is 0 Å². The molecule has 2 heterocycles. The Morgan fingerprint density at radius 1 is 1.53 bits per heavy atom. The quantitative estimate of drug-likeness (QED) is 0.896. The fraction of sp³-hybridized carbons (Fsp3) is 0.750. The molecule has 2 rings (SSSR count). The SMILES string of the molecule is CC(C)n1nccc1CN1CCNC[C@H]1C.Cl. The molecule has 1 N–H and O–H groups in total. The van der Waals surface area contributed by atoms with Gasteiger partial charge in [0.2, 0.25) is 0 Å². The summed E-state index contributed by atoms with van der Waals surface area (Å²) in [7, 11) is 0. The zero-order chi connectivity index (χ0) is 11.5. The van der Waals surface area contributed by atoms with Crippen LogP contribution in [0.25, 0.3) is 0 Å². The number of nitrogens with one attached hydrogen (secondary N) is 1. The van der Waals surface area contributed by atoms with Crippen molar-refractivity contribution in [2.24, 2.45) is 0 Å². The lowest BCUT2D eigenvalue weighted by Crippen LogP contribution is -2.49. The first kappa shape index (κ1) is 14.5. The second kappa shape index (κ2) is 6.38. The van der Waals surface area contributed by atoms with Crippen molar-refractivity contribution in [1.29, 1.82) is 0 Å². The minimum Gasteiger partial charge on any atom is -0.314 e. The topological polar surface area (TPSA) is 33.1 Å². The van der Waals surface area contributed by atoms with Crippen LogP contribution in [0.1, 0.15) is 32.5 Å². The van der Waals surface area contributed by atoms with Crippen LogP contribution in [0.5, 0.6) is 0 Å². The van der Waals surface area contributed by atoms with Crippen molar-refractivity contribution in [2.45, 2.75) is 39.4 Å². The summed E-state index contributed by atoms with van der Waals surface area (Å²) in [4.78, 5) is 2.52. The first-order chi connectivity index (χ1) is 7.68. The van der Waals surface area contributed by atoms with E-state index in [1.54, 1.807) is 0 Å². The highest BCUT2D eigenvalue weighted by Gasteiger charge is 2.19. The molecule has 5 heteroatoms. The number of nitrogens with zero attached hydrogens (tertiary/aromatic N) is 3. The second-order valence-corrected chi connectivity index (χ2v) is 4.88. The van der Waals surface area contributed by atoms with E-state index in [1.165, 1.54) is 5.69 Å². The van der Waals surface area contributed by atoms with Gasteiger partial charge in [-0.2, -0.15) is 5.10 Å². The normalized spacial score (nSPS) is 21.5. The first-order valence-corrected chi connectivity index (χ1v) is 6.15. The Bertz CT molecular complexity index is 337. The molecule has 4 nitrogen and oxygen atoms in total. The van der Waals surface area contributed by atoms with Crippen LogP contribution < -0.4 is 5.32 Å². The van der Waals surface area contributed by atoms with Crippen molar-refractivity contribution in [3.8, 4) is 0 Å². The van der Waals surface area contributed by atoms with Crippen LogP contribution in [0.15, 0.2) is 12.3 Å². The molecule has 1 aromatic rings. The zero-order valence-electron chi connectivity index (χ0n) is 10.9. The van der Waals surface area contributed by atoms with Gasteiger partial charge in [-0.15, -0.1) is 12.4 Å². The summed E-state index contributed by atoms with van der Waals surface area (Å²) in [5.41, 5.74) is 1.32. The van der Waals surface area contributed by atoms with Gasteiger partial charge in [-0.3, -0.25) is 9.58 Å². The predicted octanol–water partition coefficient (Wildman–Crippen LogP) is 1.68. The average molecular weight is 259 g/mol. The van der Waals surface area contributed by atoms with E-state index < -0.39 is 0 Å². The van der Waals surface area contributed by atoms with Gasteiger partial charge in [0.05, 0.1) is 5.69 Å². The molecule has 1 aliphatic rings. The van der Waals surface area contributed by atoms with Gasteiger partial charge in [0.25, 0.3) is 0 Å². The van der Waals surface area contributed by atoms with Gasteiger partial charge < -0.3 is 5.32 Å². The molecule has 1 aromatic heterocycles. The van der Waals surface area contributed by atoms with Crippen molar-refractivity contribution in [2.75, 3.05) is 19.6 Å². The van der Waals surface area contributed by atoms with Crippen molar-refractivity contribution in [3.05, 3.63) is 18.0 Å². The largest absolute Gasteiger partial charge is 0.314 e. The number of rotatable bonds is 3. The van der Waals surface area contributed by atoms with Gasteiger partial charge in [-0.05, 0) is 26.8 Å². The van der Waals surface area contributed by atoms with Crippen LogP contribution >= 0.6 is 12.4 Å². The third kappa shape index (κ3) is 3.44. The lowest BCUT2D eigenvalue weighted by atomic mass is 10.2. The van der Waals surface area contributed by atoms with E-state index in [-0.39, 0.29) is 12.4 Å². The first-order valence-electron chi connectivity index (χ1n) is 6.15. The third-order valence-electron chi connectivity index (χ3n) is 3.25. The fourth-order valence-electron chi connectivity index (χ4n) is 2.26. The Labute approximate surface area is 110 Å². The molecular weight excluding hydrogens is 236 g/mol. The molecule has 0 saturated carbocycles. The molecule has 0 bridgehead atoms. The molecular formula is C12H23ClN4. The smallest absolute Gasteiger partial charge is 0.0527 e. The second-order valence-electron chi connectivity index (χ2n) is 4.88. The van der Waals surface area contributed by atoms with Crippen molar-refractivity contribution in [1.82, 2.24) is 20.0 Å². The summed E-state index contributed by atoms with van der Waals surface area (Å²) >= 11 is 0. The fourth-order valence-corrected chi connectivity index (χ4v) is 2.26. The van der Waals surface area contributed by atoms with E-state index in [2.05, 4.69) is 46.8 Å². The molecule has 98 valence electrons. The molecule has 0 aromatic carbocycles. The average Bonchev–Trinajstić information content (AvgIpc) is 2.69. The molecule has 1 fully saturated rings. The van der Waals surface area contributed by atoms with Crippen molar-refractivity contribution < 1.29 is 0 Å². The molecule has 1 atom stereocenters. The number of hydrogen-bond acceptors (Lipinski definition) is 3. The molecule has 1 aliphatic heterocycles. The van der Waals surface area contributed by atoms with E-state index in [0.717, 1.165) is 26.2 Å². The Balaban J connectivity index is 0.00000144. The van der Waals surface area contributed by atoms with Crippen LogP contribution in [-0.4, -0.2) is 40.4 Å². The zero-order valence-corrected chi connectivity index (χ0v) is 11.7. The number of hydrogen-bond donors (Lipinski definition) is 1. The number of piperazine rings is 1. The standard InChI is InChI=1S/C12H22N4.ClH/c1-10(2)16-12(4-5-14-16)9-15-7-6-13-8-11(15)3;/h4-5,10-11,13H,6-9H2,1-3H3;1H/t11-;/m1./s1. The van der Waals surface area contributed by atoms with Gasteiger partial charge in [0, 0.05) is 44.5 Å². The summed E-state index contributed by atoms with van der Waals surface area (Å²) in [6.45, 7) is 11.0. The van der Waals surface area contributed by atoms with Crippen molar-refractivity contribution >= 4 is 12.4 Å². The van der Waals surface area contributed by atoms with Gasteiger partial charge in [-0.1, -0.05) is 0 Å². The summed E-state index contributed by atoms with van der Waals surface area (Å²) < 4.78 is 2.12. The number of halogens is 1. The molecule has 0 amide bonds. The van der Waals surface area contributed by atoms with E-state index in [9.17, 15) is 0 Å². The summed E-state index contributed by atoms with van der Waals surface area (Å²) in [5, 5.41) is 7.80. The summed E-state index contributed by atoms with van der Waals surface area (Å²) in [6.07, 6.45) is 1.90. The minimum absolute atomic E-state index is 0. The molecule has 0 spiro atoms. The van der Waals surface area contributed by atoms with Crippen LogP contribution in [0.3, 0.4) is 0 Å². The molecule has 1 saturated heterocycles. The van der Waals surface area contributed by atoms with E-state index in [4.69, 9.17) is 0 Å². The highest BCUT2D eigenvalue weighted by Crippen LogP contribution is 2.13. The maximum atomic E-state index is 4.38. The number of aromatic nitrogens is 2. The van der Waals surface area contributed by atoms with Gasteiger partial charge in [0.15, 0.2) is 0 Å². The molecule has 0 aliphatic carbocycles. The van der Waals surface area contributed by atoms with Crippen LogP contribution in [0, 0.1) is 0 Å². The van der Waals surface area contributed by atoms with Crippen LogP contribution in [-0.2, 0) is 6.54 Å². The lowest BCUT2D eigenvalue weighted by molar-refractivity contribution is 0.160. The van der Waals surface area contributed by atoms with Gasteiger partial charge in [-0.25, -0.2) is 0 Å². The Morgan fingerprint density at radius 3 is 2.94 bits per heavy atom. The molecule has 0 unspecified atom stereocenters.